The molecule has 3 heteroatoms. The molecule has 0 aromatic rings. The normalized spacial score (nSPS) is 2.60. The van der Waals surface area contributed by atoms with Crippen LogP contribution in [0.5, 0.6) is 0 Å². The number of hydrogen-bond donors (Lipinski definition) is 0. The fourth-order valence-corrected chi connectivity index (χ4v) is 0. The van der Waals surface area contributed by atoms with Crippen LogP contribution in [-0.4, -0.2) is 7.05 Å². The minimum Gasteiger partial charge on any atom is -0.712 e. The molecule has 0 aliphatic rings. The van der Waals surface area contributed by atoms with E-state index in [4.69, 9.17) is 5.53 Å². The summed E-state index contributed by atoms with van der Waals surface area (Å²) in [5, 5.41) is 2.50. The summed E-state index contributed by atoms with van der Waals surface area (Å²) in [6.45, 7) is 0. The molecule has 0 rings (SSSR count). The molecule has 0 unspecified atom stereocenters. The third-order valence-corrected chi connectivity index (χ3v) is 0. The molecule has 0 aliphatic heterocycles. The molecule has 0 saturated carbocycles. The molecule has 5 heavy (non-hydrogen) atoms. The van der Waals surface area contributed by atoms with Crippen LogP contribution in [0.15, 0.2) is 5.11 Å². The van der Waals surface area contributed by atoms with Crippen molar-refractivity contribution < 1.29 is 51.4 Å². The fourth-order valence-electron chi connectivity index (χ4n) is 0. The summed E-state index contributed by atoms with van der Waals surface area (Å²) in [7, 11) is 1.31. The molecule has 0 atom stereocenters. The molecule has 0 bridgehead atoms. The van der Waals surface area contributed by atoms with Crippen LogP contribution in [0.1, 0.15) is 0 Å². The van der Waals surface area contributed by atoms with E-state index in [2.05, 4.69) is 5.11 Å². The monoisotopic (exact) mass is 97.0 g/mol. The molecule has 0 fully saturated rings. The van der Waals surface area contributed by atoms with E-state index in [0.717, 1.165) is 0 Å². The van der Waals surface area contributed by atoms with E-state index in [1.807, 2.05) is 0 Å². The van der Waals surface area contributed by atoms with Gasteiger partial charge in [0.15, 0.2) is 0 Å². The molecular formula is C2H6KN2-. The van der Waals surface area contributed by atoms with Gasteiger partial charge in [0.1, 0.15) is 0 Å². The first-order valence-electron chi connectivity index (χ1n) is 0.647. The van der Waals surface area contributed by atoms with Gasteiger partial charge in [-0.3, -0.25) is 0 Å². The summed E-state index contributed by atoms with van der Waals surface area (Å²) < 4.78 is 0. The van der Waals surface area contributed by atoms with E-state index in [-0.39, 0.29) is 58.8 Å². The maximum absolute atomic E-state index is 7.19. The minimum atomic E-state index is 0. The van der Waals surface area contributed by atoms with Crippen LogP contribution in [0.25, 0.3) is 5.53 Å². The van der Waals surface area contributed by atoms with Crippen molar-refractivity contribution in [2.45, 2.75) is 0 Å². The Morgan fingerprint density at radius 1 is 1.60 bits per heavy atom. The second-order valence-electron chi connectivity index (χ2n) is 0.200. The standard InChI is InChI=1S/CH3N2.CH3.K/c1-3-2;;/h1H3;1H3;/q2*-1;+1. The molecule has 0 spiro atoms. The second-order valence-corrected chi connectivity index (χ2v) is 0.200. The Labute approximate surface area is 75.3 Å². The van der Waals surface area contributed by atoms with Crippen molar-refractivity contribution in [3.63, 3.8) is 0 Å². The Balaban J connectivity index is -0.0000000200. The molecule has 0 saturated heterocycles. The quantitative estimate of drug-likeness (QED) is 0.192. The van der Waals surface area contributed by atoms with Crippen molar-refractivity contribution in [3.8, 4) is 0 Å². The first kappa shape index (κ1) is 16.3. The van der Waals surface area contributed by atoms with Crippen molar-refractivity contribution in [3.05, 3.63) is 13.0 Å². The summed E-state index contributed by atoms with van der Waals surface area (Å²) in [6.07, 6.45) is 0. The van der Waals surface area contributed by atoms with Gasteiger partial charge < -0.3 is 18.1 Å². The molecule has 0 aromatic carbocycles. The van der Waals surface area contributed by atoms with Gasteiger partial charge in [-0.1, -0.05) is 0 Å². The van der Waals surface area contributed by atoms with Gasteiger partial charge in [0, 0.05) is 7.05 Å². The van der Waals surface area contributed by atoms with Crippen LogP contribution in [0.4, 0.5) is 0 Å². The summed E-state index contributed by atoms with van der Waals surface area (Å²) >= 11 is 0. The van der Waals surface area contributed by atoms with E-state index in [0.29, 0.717) is 0 Å². The zero-order valence-electron chi connectivity index (χ0n) is 3.89. The Bertz CT molecular complexity index is 15.1. The van der Waals surface area contributed by atoms with Gasteiger partial charge >= 0.3 is 51.4 Å². The van der Waals surface area contributed by atoms with Gasteiger partial charge in [0.25, 0.3) is 0 Å². The molecule has 0 amide bonds. The van der Waals surface area contributed by atoms with Gasteiger partial charge in [0.05, 0.1) is 0 Å². The molecular weight excluding hydrogens is 91.1 g/mol. The van der Waals surface area contributed by atoms with E-state index in [1.165, 1.54) is 7.05 Å². The number of rotatable bonds is 0. The van der Waals surface area contributed by atoms with Crippen molar-refractivity contribution in [2.24, 2.45) is 5.11 Å². The third kappa shape index (κ3) is 35.9. The average molecular weight is 97.2 g/mol. The molecule has 26 valence electrons. The van der Waals surface area contributed by atoms with Crippen molar-refractivity contribution in [1.29, 1.82) is 0 Å². The third-order valence-electron chi connectivity index (χ3n) is 0. The van der Waals surface area contributed by atoms with Gasteiger partial charge in [-0.2, -0.15) is 0 Å². The summed E-state index contributed by atoms with van der Waals surface area (Å²) in [5.41, 5.74) is 7.19. The van der Waals surface area contributed by atoms with E-state index >= 15 is 0 Å². The van der Waals surface area contributed by atoms with Crippen LogP contribution in [-0.2, 0) is 0 Å². The Morgan fingerprint density at radius 3 is 1.60 bits per heavy atom. The summed E-state index contributed by atoms with van der Waals surface area (Å²) in [4.78, 5) is 0. The maximum Gasteiger partial charge on any atom is 1.00 e. The summed E-state index contributed by atoms with van der Waals surface area (Å²) in [5.74, 6) is 0. The van der Waals surface area contributed by atoms with Crippen LogP contribution in [0.2, 0.25) is 0 Å². The number of nitrogens with zero attached hydrogens (tertiary/aromatic N) is 2. The number of hydrogen-bond acceptors (Lipinski definition) is 1. The second kappa shape index (κ2) is 18.8. The van der Waals surface area contributed by atoms with Gasteiger partial charge in [-0.05, 0) is 0 Å². The molecule has 0 radical (unpaired) electrons. The van der Waals surface area contributed by atoms with Crippen LogP contribution >= 0.6 is 0 Å². The molecule has 0 heterocycles. The first-order chi connectivity index (χ1) is 1.41. The Hall–Kier alpha value is 1.24. The van der Waals surface area contributed by atoms with Crippen LogP contribution < -0.4 is 51.4 Å². The van der Waals surface area contributed by atoms with Gasteiger partial charge in [-0.25, -0.2) is 0 Å². The Kier molecular flexibility index (Phi) is 61.4. The van der Waals surface area contributed by atoms with Crippen LogP contribution in [0.3, 0.4) is 0 Å². The zero-order valence-corrected chi connectivity index (χ0v) is 7.02. The van der Waals surface area contributed by atoms with Crippen molar-refractivity contribution >= 4 is 0 Å². The fraction of sp³-hybridized carbons (Fsp3) is 0.500. The topological polar surface area (TPSA) is 34.7 Å². The van der Waals surface area contributed by atoms with E-state index in [1.54, 1.807) is 0 Å². The minimum absolute atomic E-state index is 0. The zero-order chi connectivity index (χ0) is 2.71. The predicted octanol–water partition coefficient (Wildman–Crippen LogP) is -1.91. The maximum atomic E-state index is 7.19. The van der Waals surface area contributed by atoms with Gasteiger partial charge in [-0.15, -0.1) is 0 Å². The van der Waals surface area contributed by atoms with E-state index < -0.39 is 0 Å². The van der Waals surface area contributed by atoms with Crippen molar-refractivity contribution in [2.75, 3.05) is 7.05 Å². The Morgan fingerprint density at radius 2 is 1.60 bits per heavy atom. The largest absolute Gasteiger partial charge is 1.00 e. The van der Waals surface area contributed by atoms with Crippen molar-refractivity contribution in [1.82, 2.24) is 0 Å². The van der Waals surface area contributed by atoms with E-state index in [9.17, 15) is 0 Å². The van der Waals surface area contributed by atoms with Gasteiger partial charge in [0.2, 0.25) is 0 Å². The average Bonchev–Trinajstić information content (AvgIpc) is 0.918. The molecule has 0 aromatic heterocycles. The SMILES string of the molecule is CN=[N-].[CH3-].[K+]. The smallest absolute Gasteiger partial charge is 0.712 e. The van der Waals surface area contributed by atoms with Crippen LogP contribution in [0, 0.1) is 7.43 Å². The predicted molar refractivity (Wildman–Crippen MR) is 18.1 cm³/mol. The molecule has 2 nitrogen and oxygen atoms in total. The first-order valence-corrected chi connectivity index (χ1v) is 0.647. The molecule has 0 N–H and O–H groups in total. The summed E-state index contributed by atoms with van der Waals surface area (Å²) in [6, 6.07) is 0. The molecule has 0 aliphatic carbocycles.